The number of rotatable bonds is 23. The molecular formula is C72H108O14S. The van der Waals surface area contributed by atoms with Gasteiger partial charge in [0.2, 0.25) is 0 Å². The van der Waals surface area contributed by atoms with Gasteiger partial charge in [0, 0.05) is 26.1 Å². The minimum atomic E-state index is -0.893. The van der Waals surface area contributed by atoms with Crippen LogP contribution in [-0.2, 0) is 86.8 Å². The number of carbonyl (C=O) groups is 4. The van der Waals surface area contributed by atoms with Crippen molar-refractivity contribution < 1.29 is 69.5 Å². The van der Waals surface area contributed by atoms with Gasteiger partial charge >= 0.3 is 23.9 Å². The Morgan fingerprint density at radius 3 is 0.862 bits per heavy atom. The molecule has 0 aliphatic rings. The molecule has 15 heteroatoms. The molecule has 4 aromatic rings. The van der Waals surface area contributed by atoms with E-state index in [4.69, 9.17) is 19.7 Å². The van der Waals surface area contributed by atoms with Crippen molar-refractivity contribution in [1.29, 1.82) is 0 Å². The predicted molar refractivity (Wildman–Crippen MR) is 355 cm³/mol. The lowest BCUT2D eigenvalue weighted by Crippen LogP contribution is -2.21. The SMILES string of the molecule is C=CSC=C.CC(C)(C)c1cc(CCC(=O)O)cc(C(C)(C)C)c1O.CC(C)(C)c1cc(CCC(=O)O)cc(C(C)(C)C)c1O.Cc1cc(CC(CCOCCOCCC(Cc2cc(C)c(O)c(C(C)(C)C)c2)C(=O)O)C(=O)O)cc(C(C)(C)C)c1O. The standard InChI is InChI=1S/C34H50O8.2C17H26O3.C4H6S/c1-21-15-23(19-27(29(21)35)33(3,4)5)17-25(31(37)38)9-11-41-13-14-42-12-10-26(32(39)40)18-24-16-22(2)30(36)28(20-24)34(6,7)8;2*1-16(2,3)12-9-11(7-8-14(18)19)10-13(15(12)20)17(4,5)6;1-3-5-4-2/h15-16,19-20,25-26,35-36H,9-14,17-18H2,1-8H3,(H,37,38)(H,39,40);2*9-10,20H,7-8H2,1-6H3,(H,18,19);3-4H,1-2H2. The van der Waals surface area contributed by atoms with Crippen LogP contribution in [0, 0.1) is 25.7 Å². The summed E-state index contributed by atoms with van der Waals surface area (Å²) in [5.74, 6) is -3.45. The molecule has 0 fully saturated rings. The summed E-state index contributed by atoms with van der Waals surface area (Å²) < 4.78 is 11.2. The van der Waals surface area contributed by atoms with Crippen LogP contribution in [0.15, 0.2) is 72.5 Å². The molecule has 0 aliphatic heterocycles. The Labute approximate surface area is 525 Å². The topological polar surface area (TPSA) is 249 Å². The van der Waals surface area contributed by atoms with Gasteiger partial charge in [0.05, 0.1) is 25.0 Å². The van der Waals surface area contributed by atoms with Gasteiger partial charge in [-0.25, -0.2) is 0 Å². The lowest BCUT2D eigenvalue weighted by molar-refractivity contribution is -0.143. The Morgan fingerprint density at radius 1 is 0.414 bits per heavy atom. The number of carboxylic acids is 4. The van der Waals surface area contributed by atoms with Crippen LogP contribution in [-0.4, -0.2) is 91.2 Å². The van der Waals surface area contributed by atoms with E-state index < -0.39 is 35.7 Å². The minimum absolute atomic E-state index is 0.109. The number of phenolic OH excluding ortho intramolecular Hbond substituents is 4. The van der Waals surface area contributed by atoms with E-state index in [1.165, 1.54) is 11.8 Å². The van der Waals surface area contributed by atoms with Crippen molar-refractivity contribution in [3.8, 4) is 23.0 Å². The van der Waals surface area contributed by atoms with Gasteiger partial charge in [0.25, 0.3) is 0 Å². The highest BCUT2D eigenvalue weighted by molar-refractivity contribution is 8.04. The largest absolute Gasteiger partial charge is 0.507 e. The second-order valence-electron chi connectivity index (χ2n) is 28.7. The van der Waals surface area contributed by atoms with Gasteiger partial charge in [0.1, 0.15) is 23.0 Å². The Bertz CT molecular complexity index is 2660. The highest BCUT2D eigenvalue weighted by atomic mass is 32.2. The summed E-state index contributed by atoms with van der Waals surface area (Å²) >= 11 is 1.49. The maximum absolute atomic E-state index is 11.9. The molecule has 0 amide bonds. The zero-order chi connectivity index (χ0) is 67.4. The lowest BCUT2D eigenvalue weighted by atomic mass is 9.78. The molecule has 4 rings (SSSR count). The number of ether oxygens (including phenoxy) is 2. The van der Waals surface area contributed by atoms with Gasteiger partial charge in [-0.05, 0) is 162 Å². The molecule has 14 nitrogen and oxygen atoms in total. The van der Waals surface area contributed by atoms with Crippen molar-refractivity contribution in [3.05, 3.63) is 139 Å². The van der Waals surface area contributed by atoms with E-state index in [0.29, 0.717) is 50.0 Å². The molecular weight excluding hydrogens is 1120 g/mol. The molecule has 87 heavy (non-hydrogen) atoms. The highest BCUT2D eigenvalue weighted by Gasteiger charge is 2.30. The second-order valence-corrected chi connectivity index (χ2v) is 29.7. The molecule has 0 bridgehead atoms. The Balaban J connectivity index is 0.000000697. The number of benzene rings is 4. The average Bonchev–Trinajstić information content (AvgIpc) is 1.06. The molecule has 0 spiro atoms. The quantitative estimate of drug-likeness (QED) is 0.0322. The zero-order valence-electron chi connectivity index (χ0n) is 56.3. The van der Waals surface area contributed by atoms with Crippen LogP contribution in [0.2, 0.25) is 0 Å². The second kappa shape index (κ2) is 33.9. The minimum Gasteiger partial charge on any atom is -0.507 e. The van der Waals surface area contributed by atoms with Crippen LogP contribution < -0.4 is 0 Å². The third kappa shape index (κ3) is 27.3. The first-order chi connectivity index (χ1) is 39.7. The van der Waals surface area contributed by atoms with Gasteiger partial charge < -0.3 is 50.3 Å². The van der Waals surface area contributed by atoms with Crippen molar-refractivity contribution in [3.63, 3.8) is 0 Å². The van der Waals surface area contributed by atoms with E-state index >= 15 is 0 Å². The lowest BCUT2D eigenvalue weighted by Gasteiger charge is -2.28. The molecule has 4 aromatic carbocycles. The first kappa shape index (κ1) is 78.7. The average molecular weight is 1230 g/mol. The Kier molecular flexibility index (Phi) is 30.7. The number of hydrogen-bond donors (Lipinski definition) is 8. The van der Waals surface area contributed by atoms with E-state index in [1.54, 1.807) is 10.8 Å². The third-order valence-electron chi connectivity index (χ3n) is 14.6. The van der Waals surface area contributed by atoms with Gasteiger partial charge in [0.15, 0.2) is 0 Å². The summed E-state index contributed by atoms with van der Waals surface area (Å²) in [6.07, 6.45) is 2.55. The molecule has 8 N–H and O–H groups in total. The number of thioether (sulfide) groups is 1. The van der Waals surface area contributed by atoms with Crippen LogP contribution in [0.5, 0.6) is 23.0 Å². The van der Waals surface area contributed by atoms with E-state index in [9.17, 15) is 49.8 Å². The summed E-state index contributed by atoms with van der Waals surface area (Å²) in [6, 6.07) is 15.2. The number of aromatic hydroxyl groups is 4. The summed E-state index contributed by atoms with van der Waals surface area (Å²) in [7, 11) is 0. The first-order valence-electron chi connectivity index (χ1n) is 30.0. The fourth-order valence-electron chi connectivity index (χ4n) is 9.59. The predicted octanol–water partition coefficient (Wildman–Crippen LogP) is 16.3. The van der Waals surface area contributed by atoms with Crippen LogP contribution >= 0.6 is 11.8 Å². The van der Waals surface area contributed by atoms with Crippen molar-refractivity contribution in [2.75, 3.05) is 26.4 Å². The molecule has 486 valence electrons. The fraction of sp³-hybridized carbons (Fsp3) is 0.556. The number of phenols is 4. The van der Waals surface area contributed by atoms with Crippen LogP contribution in [0.4, 0.5) is 0 Å². The number of hydrogen-bond acceptors (Lipinski definition) is 11. The van der Waals surface area contributed by atoms with Gasteiger partial charge in [-0.2, -0.15) is 0 Å². The summed E-state index contributed by atoms with van der Waals surface area (Å²) in [6.45, 7) is 48.3. The summed E-state index contributed by atoms with van der Waals surface area (Å²) in [5.41, 5.74) is 9.02. The molecule has 0 radical (unpaired) electrons. The zero-order valence-corrected chi connectivity index (χ0v) is 57.1. The van der Waals surface area contributed by atoms with Crippen LogP contribution in [0.25, 0.3) is 0 Å². The van der Waals surface area contributed by atoms with E-state index in [2.05, 4.69) is 96.2 Å². The van der Waals surface area contributed by atoms with Crippen molar-refractivity contribution in [1.82, 2.24) is 0 Å². The maximum atomic E-state index is 11.9. The summed E-state index contributed by atoms with van der Waals surface area (Å²) in [4.78, 5) is 45.3. The Hall–Kier alpha value is -6.29. The fourth-order valence-corrected chi connectivity index (χ4v) is 9.73. The van der Waals surface area contributed by atoms with Crippen LogP contribution in [0.1, 0.15) is 217 Å². The normalized spacial score (nSPS) is 12.7. The molecule has 2 atom stereocenters. The van der Waals surface area contributed by atoms with E-state index in [0.717, 1.165) is 66.8 Å². The smallest absolute Gasteiger partial charge is 0.306 e. The molecule has 0 saturated carbocycles. The molecule has 0 saturated heterocycles. The monoisotopic (exact) mass is 1230 g/mol. The van der Waals surface area contributed by atoms with Gasteiger partial charge in [-0.3, -0.25) is 19.2 Å². The van der Waals surface area contributed by atoms with Crippen molar-refractivity contribution >= 4 is 35.6 Å². The molecule has 0 aliphatic carbocycles. The first-order valence-corrected chi connectivity index (χ1v) is 30.9. The highest BCUT2D eigenvalue weighted by Crippen LogP contribution is 2.42. The van der Waals surface area contributed by atoms with E-state index in [1.807, 2.05) is 104 Å². The van der Waals surface area contributed by atoms with Crippen LogP contribution in [0.3, 0.4) is 0 Å². The molecule has 0 aromatic heterocycles. The van der Waals surface area contributed by atoms with Crippen molar-refractivity contribution in [2.45, 2.75) is 222 Å². The molecule has 2 unspecified atom stereocenters. The number of aliphatic carboxylic acids is 4. The van der Waals surface area contributed by atoms with Gasteiger partial charge in [-0.15, -0.1) is 11.8 Å². The maximum Gasteiger partial charge on any atom is 0.306 e. The van der Waals surface area contributed by atoms with E-state index in [-0.39, 0.29) is 83.3 Å². The van der Waals surface area contributed by atoms with Crippen molar-refractivity contribution in [2.24, 2.45) is 11.8 Å². The third-order valence-corrected chi connectivity index (χ3v) is 15.0. The summed E-state index contributed by atoms with van der Waals surface area (Å²) in [5, 5.41) is 82.7. The number of aryl methyl sites for hydroxylation is 4. The number of carboxylic acid groups (broad SMARTS) is 4. The van der Waals surface area contributed by atoms with Gasteiger partial charge in [-0.1, -0.05) is 186 Å². The molecule has 0 heterocycles. The Morgan fingerprint density at radius 2 is 0.655 bits per heavy atom.